The minimum absolute atomic E-state index is 0.0664. The van der Waals surface area contributed by atoms with Gasteiger partial charge < -0.3 is 9.64 Å². The number of morpholine rings is 1. The first-order chi connectivity index (χ1) is 14.0. The Morgan fingerprint density at radius 1 is 1.21 bits per heavy atom. The predicted molar refractivity (Wildman–Crippen MR) is 114 cm³/mol. The molecular formula is C20H26N6O2S. The van der Waals surface area contributed by atoms with E-state index in [-0.39, 0.29) is 5.56 Å². The zero-order chi connectivity index (χ0) is 20.4. The van der Waals surface area contributed by atoms with Gasteiger partial charge in [0.15, 0.2) is 5.16 Å². The lowest BCUT2D eigenvalue weighted by molar-refractivity contribution is 0.121. The van der Waals surface area contributed by atoms with Crippen LogP contribution >= 0.6 is 11.8 Å². The monoisotopic (exact) mass is 414 g/mol. The summed E-state index contributed by atoms with van der Waals surface area (Å²) in [6, 6.07) is 5.43. The average Bonchev–Trinajstić information content (AvgIpc) is 3.08. The van der Waals surface area contributed by atoms with Crippen molar-refractivity contribution in [2.45, 2.75) is 38.2 Å². The minimum atomic E-state index is -0.0664. The van der Waals surface area contributed by atoms with E-state index in [0.29, 0.717) is 30.5 Å². The summed E-state index contributed by atoms with van der Waals surface area (Å²) < 4.78 is 9.21. The van der Waals surface area contributed by atoms with Crippen molar-refractivity contribution in [3.05, 3.63) is 46.0 Å². The van der Waals surface area contributed by atoms with Gasteiger partial charge in [-0.05, 0) is 30.5 Å². The maximum absolute atomic E-state index is 12.4. The van der Waals surface area contributed by atoms with Crippen molar-refractivity contribution < 1.29 is 4.74 Å². The number of thioether (sulfide) groups is 1. The predicted octanol–water partition coefficient (Wildman–Crippen LogP) is 2.38. The fraction of sp³-hybridized carbons (Fsp3) is 0.500. The number of rotatable bonds is 6. The summed E-state index contributed by atoms with van der Waals surface area (Å²) >= 11 is 1.57. The van der Waals surface area contributed by atoms with Crippen molar-refractivity contribution >= 4 is 23.4 Å². The van der Waals surface area contributed by atoms with E-state index in [1.165, 1.54) is 0 Å². The average molecular weight is 415 g/mol. The van der Waals surface area contributed by atoms with Crippen molar-refractivity contribution in [1.82, 2.24) is 24.1 Å². The van der Waals surface area contributed by atoms with Crippen LogP contribution in [0.1, 0.15) is 25.1 Å². The lowest BCUT2D eigenvalue weighted by Crippen LogP contribution is -2.38. The smallest absolute Gasteiger partial charge is 0.258 e. The first-order valence-corrected chi connectivity index (χ1v) is 10.9. The molecule has 0 aromatic carbocycles. The molecule has 29 heavy (non-hydrogen) atoms. The fourth-order valence-corrected chi connectivity index (χ4v) is 4.21. The molecule has 0 saturated carbocycles. The van der Waals surface area contributed by atoms with Gasteiger partial charge in [-0.15, -0.1) is 10.2 Å². The van der Waals surface area contributed by atoms with Crippen LogP contribution in [0.4, 0.5) is 5.95 Å². The second-order valence-corrected chi connectivity index (χ2v) is 8.64. The highest BCUT2D eigenvalue weighted by Crippen LogP contribution is 2.26. The van der Waals surface area contributed by atoms with E-state index in [4.69, 9.17) is 4.74 Å². The summed E-state index contributed by atoms with van der Waals surface area (Å²) in [6.07, 6.45) is 1.77. The van der Waals surface area contributed by atoms with E-state index >= 15 is 0 Å². The number of ether oxygens (including phenoxy) is 1. The molecule has 1 fully saturated rings. The number of hydrogen-bond acceptors (Lipinski definition) is 7. The Bertz CT molecular complexity index is 1050. The van der Waals surface area contributed by atoms with Crippen molar-refractivity contribution in [2.24, 2.45) is 5.92 Å². The molecule has 4 heterocycles. The van der Waals surface area contributed by atoms with E-state index in [9.17, 15) is 4.79 Å². The van der Waals surface area contributed by atoms with Crippen molar-refractivity contribution in [2.75, 3.05) is 31.2 Å². The third-order valence-electron chi connectivity index (χ3n) is 4.76. The van der Waals surface area contributed by atoms with Gasteiger partial charge >= 0.3 is 0 Å². The highest BCUT2D eigenvalue weighted by Gasteiger charge is 2.21. The van der Waals surface area contributed by atoms with Crippen LogP contribution < -0.4 is 10.5 Å². The second-order valence-electron chi connectivity index (χ2n) is 7.69. The number of nitrogens with zero attached hydrogens (tertiary/aromatic N) is 6. The lowest BCUT2D eigenvalue weighted by Gasteiger charge is -2.28. The highest BCUT2D eigenvalue weighted by molar-refractivity contribution is 7.98. The van der Waals surface area contributed by atoms with Gasteiger partial charge in [0.25, 0.3) is 5.56 Å². The molecule has 0 radical (unpaired) electrons. The molecule has 0 aliphatic carbocycles. The Morgan fingerprint density at radius 2 is 2.00 bits per heavy atom. The van der Waals surface area contributed by atoms with Gasteiger partial charge in [-0.3, -0.25) is 13.8 Å². The molecule has 8 nitrogen and oxygen atoms in total. The number of fused-ring (bicyclic) bond motifs is 1. The number of aromatic nitrogens is 5. The van der Waals surface area contributed by atoms with Gasteiger partial charge in [0.1, 0.15) is 5.65 Å². The Hall–Kier alpha value is -2.39. The SMILES string of the molecule is Cc1ccn2c(=O)cc(CSc3nnc(N4CCOCC4)n3CC(C)C)nc2c1. The van der Waals surface area contributed by atoms with E-state index in [2.05, 4.69) is 38.5 Å². The van der Waals surface area contributed by atoms with Gasteiger partial charge in [0, 0.05) is 37.7 Å². The molecule has 1 aliphatic heterocycles. The molecule has 1 saturated heterocycles. The maximum atomic E-state index is 12.4. The van der Waals surface area contributed by atoms with Crippen LogP contribution in [-0.2, 0) is 17.0 Å². The molecule has 0 N–H and O–H groups in total. The van der Waals surface area contributed by atoms with Gasteiger partial charge in [-0.2, -0.15) is 0 Å². The molecule has 4 rings (SSSR count). The number of aryl methyl sites for hydroxylation is 1. The molecule has 3 aromatic rings. The molecule has 0 atom stereocenters. The van der Waals surface area contributed by atoms with E-state index in [1.54, 1.807) is 28.4 Å². The zero-order valence-electron chi connectivity index (χ0n) is 17.0. The molecule has 9 heteroatoms. The normalized spacial score (nSPS) is 14.8. The zero-order valence-corrected chi connectivity index (χ0v) is 17.9. The topological polar surface area (TPSA) is 77.5 Å². The first-order valence-electron chi connectivity index (χ1n) is 9.89. The molecule has 154 valence electrons. The molecule has 0 spiro atoms. The van der Waals surface area contributed by atoms with Crippen molar-refractivity contribution in [3.63, 3.8) is 0 Å². The summed E-state index contributed by atoms with van der Waals surface area (Å²) in [5.74, 6) is 1.93. The Labute approximate surface area is 173 Å². The van der Waals surface area contributed by atoms with Crippen LogP contribution in [0, 0.1) is 12.8 Å². The second kappa shape index (κ2) is 8.54. The van der Waals surface area contributed by atoms with E-state index < -0.39 is 0 Å². The number of anilines is 1. The summed E-state index contributed by atoms with van der Waals surface area (Å²) in [7, 11) is 0. The Balaban J connectivity index is 1.58. The summed E-state index contributed by atoms with van der Waals surface area (Å²) in [5.41, 5.74) is 2.43. The standard InChI is InChI=1S/C20H26N6O2S/c1-14(2)12-26-19(24-6-8-28-9-7-24)22-23-20(26)29-13-16-11-18(27)25-5-4-15(3)10-17(25)21-16/h4-5,10-11,14H,6-9,12-13H2,1-3H3. The van der Waals surface area contributed by atoms with Crippen molar-refractivity contribution in [1.29, 1.82) is 0 Å². The van der Waals surface area contributed by atoms with E-state index in [1.807, 2.05) is 19.1 Å². The molecular weight excluding hydrogens is 388 g/mol. The third kappa shape index (κ3) is 4.45. The first kappa shape index (κ1) is 19.9. The molecule has 3 aromatic heterocycles. The van der Waals surface area contributed by atoms with Gasteiger partial charge in [-0.25, -0.2) is 4.98 Å². The summed E-state index contributed by atoms with van der Waals surface area (Å²) in [6.45, 7) is 10.3. The van der Waals surface area contributed by atoms with Crippen molar-refractivity contribution in [3.8, 4) is 0 Å². The molecule has 0 unspecified atom stereocenters. The van der Waals surface area contributed by atoms with Gasteiger partial charge in [0.05, 0.1) is 18.9 Å². The van der Waals surface area contributed by atoms with E-state index in [0.717, 1.165) is 42.0 Å². The van der Waals surface area contributed by atoms with Crippen LogP contribution in [0.5, 0.6) is 0 Å². The summed E-state index contributed by atoms with van der Waals surface area (Å²) in [4.78, 5) is 19.3. The maximum Gasteiger partial charge on any atom is 0.258 e. The van der Waals surface area contributed by atoms with Crippen LogP contribution in [0.2, 0.25) is 0 Å². The lowest BCUT2D eigenvalue weighted by atomic mass is 10.2. The largest absolute Gasteiger partial charge is 0.378 e. The Morgan fingerprint density at radius 3 is 2.76 bits per heavy atom. The molecule has 0 amide bonds. The quantitative estimate of drug-likeness (QED) is 0.573. The highest BCUT2D eigenvalue weighted by atomic mass is 32.2. The van der Waals surface area contributed by atoms with Crippen LogP contribution in [0.25, 0.3) is 5.65 Å². The fourth-order valence-electron chi connectivity index (χ4n) is 3.38. The number of hydrogen-bond donors (Lipinski definition) is 0. The van der Waals surface area contributed by atoms with Crippen LogP contribution in [0.3, 0.4) is 0 Å². The van der Waals surface area contributed by atoms with Gasteiger partial charge in [0.2, 0.25) is 5.95 Å². The minimum Gasteiger partial charge on any atom is -0.378 e. The summed E-state index contributed by atoms with van der Waals surface area (Å²) in [5, 5.41) is 9.75. The number of pyridine rings is 1. The van der Waals surface area contributed by atoms with Crippen LogP contribution in [-0.4, -0.2) is 50.5 Å². The molecule has 1 aliphatic rings. The molecule has 0 bridgehead atoms. The Kier molecular flexibility index (Phi) is 5.86. The van der Waals surface area contributed by atoms with Gasteiger partial charge in [-0.1, -0.05) is 25.6 Å². The van der Waals surface area contributed by atoms with Crippen LogP contribution in [0.15, 0.2) is 34.3 Å². The third-order valence-corrected chi connectivity index (χ3v) is 5.76.